The minimum atomic E-state index is -4.62. The number of halogens is 4. The standard InChI is InChI=1S/C10H5ClF3NO2S/c11-3-5-1-2-6(9(16)17)7(4-15)8(5)18-10(12,13)14/h1-2H,3H2,(H,16,17). The summed E-state index contributed by atoms with van der Waals surface area (Å²) in [5, 5.41) is 17.6. The van der Waals surface area contributed by atoms with Crippen molar-refractivity contribution < 1.29 is 23.1 Å². The lowest BCUT2D eigenvalue weighted by molar-refractivity contribution is -0.0328. The van der Waals surface area contributed by atoms with Crippen molar-refractivity contribution in [2.24, 2.45) is 0 Å². The van der Waals surface area contributed by atoms with E-state index in [9.17, 15) is 18.0 Å². The molecule has 0 aliphatic rings. The van der Waals surface area contributed by atoms with Gasteiger partial charge in [0.15, 0.2) is 0 Å². The number of carboxylic acids is 1. The SMILES string of the molecule is N#Cc1c(C(=O)O)ccc(CCl)c1SC(F)(F)F. The van der Waals surface area contributed by atoms with E-state index >= 15 is 0 Å². The minimum Gasteiger partial charge on any atom is -0.478 e. The number of hydrogen-bond donors (Lipinski definition) is 1. The summed E-state index contributed by atoms with van der Waals surface area (Å²) < 4.78 is 37.1. The van der Waals surface area contributed by atoms with Crippen LogP contribution in [0.15, 0.2) is 17.0 Å². The Bertz CT molecular complexity index is 525. The van der Waals surface area contributed by atoms with E-state index in [4.69, 9.17) is 22.0 Å². The largest absolute Gasteiger partial charge is 0.478 e. The summed E-state index contributed by atoms with van der Waals surface area (Å²) in [5.74, 6) is -1.70. The molecule has 0 saturated carbocycles. The maximum absolute atomic E-state index is 12.4. The second-order valence-electron chi connectivity index (χ2n) is 3.07. The molecular weight excluding hydrogens is 291 g/mol. The van der Waals surface area contributed by atoms with Crippen molar-refractivity contribution in [1.29, 1.82) is 5.26 Å². The molecule has 96 valence electrons. The first-order valence-electron chi connectivity index (χ1n) is 4.41. The van der Waals surface area contributed by atoms with Crippen molar-refractivity contribution in [3.63, 3.8) is 0 Å². The molecule has 3 nitrogen and oxygen atoms in total. The number of aromatic carboxylic acids is 1. The highest BCUT2D eigenvalue weighted by molar-refractivity contribution is 8.00. The summed E-state index contributed by atoms with van der Waals surface area (Å²) in [6.45, 7) is 0. The van der Waals surface area contributed by atoms with Crippen LogP contribution in [0.3, 0.4) is 0 Å². The molecule has 18 heavy (non-hydrogen) atoms. The maximum atomic E-state index is 12.4. The van der Waals surface area contributed by atoms with Crippen LogP contribution in [0.5, 0.6) is 0 Å². The van der Waals surface area contributed by atoms with E-state index in [1.165, 1.54) is 12.1 Å². The first-order valence-corrected chi connectivity index (χ1v) is 5.76. The van der Waals surface area contributed by atoms with Crippen LogP contribution in [0.4, 0.5) is 13.2 Å². The zero-order valence-corrected chi connectivity index (χ0v) is 10.2. The van der Waals surface area contributed by atoms with Crippen LogP contribution >= 0.6 is 23.4 Å². The van der Waals surface area contributed by atoms with Gasteiger partial charge in [0.1, 0.15) is 6.07 Å². The Balaban J connectivity index is 3.48. The number of rotatable bonds is 3. The summed E-state index contributed by atoms with van der Waals surface area (Å²) in [6, 6.07) is 3.72. The topological polar surface area (TPSA) is 61.1 Å². The van der Waals surface area contributed by atoms with Crippen LogP contribution in [0.25, 0.3) is 0 Å². The predicted molar refractivity (Wildman–Crippen MR) is 59.6 cm³/mol. The lowest BCUT2D eigenvalue weighted by Crippen LogP contribution is -2.07. The van der Waals surface area contributed by atoms with Gasteiger partial charge >= 0.3 is 11.5 Å². The van der Waals surface area contributed by atoms with Crippen molar-refractivity contribution in [2.75, 3.05) is 0 Å². The van der Waals surface area contributed by atoms with E-state index in [1.807, 2.05) is 0 Å². The number of alkyl halides is 4. The van der Waals surface area contributed by atoms with Crippen molar-refractivity contribution in [2.45, 2.75) is 16.3 Å². The number of carboxylic acid groups (broad SMARTS) is 1. The molecule has 1 aromatic carbocycles. The highest BCUT2D eigenvalue weighted by Crippen LogP contribution is 2.41. The van der Waals surface area contributed by atoms with Crippen LogP contribution in [-0.4, -0.2) is 16.6 Å². The Labute approximate surface area is 109 Å². The molecule has 0 saturated heterocycles. The minimum absolute atomic E-state index is 0.0699. The van der Waals surface area contributed by atoms with Gasteiger partial charge in [0.2, 0.25) is 0 Å². The normalized spacial score (nSPS) is 11.1. The van der Waals surface area contributed by atoms with Gasteiger partial charge in [-0.1, -0.05) is 6.07 Å². The third kappa shape index (κ3) is 3.31. The Kier molecular flexibility index (Phi) is 4.48. The molecular formula is C10H5ClF3NO2S. The van der Waals surface area contributed by atoms with Gasteiger partial charge in [0.25, 0.3) is 0 Å². The molecule has 0 bridgehead atoms. The molecule has 0 fully saturated rings. The second-order valence-corrected chi connectivity index (χ2v) is 4.42. The maximum Gasteiger partial charge on any atom is 0.446 e. The van der Waals surface area contributed by atoms with Crippen LogP contribution in [-0.2, 0) is 5.88 Å². The van der Waals surface area contributed by atoms with Crippen LogP contribution < -0.4 is 0 Å². The van der Waals surface area contributed by atoms with Gasteiger partial charge in [-0.25, -0.2) is 4.79 Å². The van der Waals surface area contributed by atoms with Crippen molar-refractivity contribution in [3.8, 4) is 6.07 Å². The summed E-state index contributed by atoms with van der Waals surface area (Å²) >= 11 is 4.95. The quantitative estimate of drug-likeness (QED) is 0.683. The third-order valence-electron chi connectivity index (χ3n) is 1.94. The fraction of sp³-hybridized carbons (Fsp3) is 0.200. The van der Waals surface area contributed by atoms with Crippen LogP contribution in [0.1, 0.15) is 21.5 Å². The number of hydrogen-bond acceptors (Lipinski definition) is 3. The summed E-state index contributed by atoms with van der Waals surface area (Å²) in [6.07, 6.45) is 0. The number of benzene rings is 1. The zero-order valence-electron chi connectivity index (χ0n) is 8.58. The molecule has 0 aromatic heterocycles. The van der Waals surface area contributed by atoms with E-state index in [2.05, 4.69) is 0 Å². The molecule has 8 heteroatoms. The number of nitriles is 1. The molecule has 1 N–H and O–H groups in total. The molecule has 0 radical (unpaired) electrons. The fourth-order valence-electron chi connectivity index (χ4n) is 1.25. The summed E-state index contributed by atoms with van der Waals surface area (Å²) in [5.41, 5.74) is -5.55. The Hall–Kier alpha value is -1.39. The first-order chi connectivity index (χ1) is 8.30. The van der Waals surface area contributed by atoms with Gasteiger partial charge in [-0.3, -0.25) is 0 Å². The molecule has 1 aromatic rings. The van der Waals surface area contributed by atoms with Gasteiger partial charge in [0.05, 0.1) is 11.1 Å². The van der Waals surface area contributed by atoms with Gasteiger partial charge in [-0.05, 0) is 23.4 Å². The predicted octanol–water partition coefficient (Wildman–Crippen LogP) is 3.61. The van der Waals surface area contributed by atoms with Crippen molar-refractivity contribution >= 4 is 29.3 Å². The molecule has 0 unspecified atom stereocenters. The van der Waals surface area contributed by atoms with Gasteiger partial charge in [-0.15, -0.1) is 11.6 Å². The first kappa shape index (κ1) is 14.7. The average Bonchev–Trinajstić information content (AvgIpc) is 2.26. The third-order valence-corrected chi connectivity index (χ3v) is 3.13. The molecule has 0 aliphatic heterocycles. The molecule has 0 atom stereocenters. The van der Waals surface area contributed by atoms with E-state index in [0.29, 0.717) is 0 Å². The molecule has 0 aliphatic carbocycles. The number of nitrogens with zero attached hydrogens (tertiary/aromatic N) is 1. The Morgan fingerprint density at radius 2 is 2.11 bits per heavy atom. The highest BCUT2D eigenvalue weighted by atomic mass is 35.5. The number of thioether (sulfide) groups is 1. The van der Waals surface area contributed by atoms with E-state index < -0.39 is 39.3 Å². The van der Waals surface area contributed by atoms with Crippen molar-refractivity contribution in [1.82, 2.24) is 0 Å². The molecule has 0 heterocycles. The zero-order chi connectivity index (χ0) is 13.9. The lowest BCUT2D eigenvalue weighted by atomic mass is 10.1. The summed E-state index contributed by atoms with van der Waals surface area (Å²) in [7, 11) is 0. The van der Waals surface area contributed by atoms with Gasteiger partial charge in [-0.2, -0.15) is 18.4 Å². The average molecular weight is 296 g/mol. The molecule has 0 amide bonds. The van der Waals surface area contributed by atoms with E-state index in [1.54, 1.807) is 0 Å². The van der Waals surface area contributed by atoms with Crippen LogP contribution in [0, 0.1) is 11.3 Å². The van der Waals surface area contributed by atoms with Crippen molar-refractivity contribution in [3.05, 3.63) is 28.8 Å². The van der Waals surface area contributed by atoms with Gasteiger partial charge in [0, 0.05) is 10.8 Å². The Morgan fingerprint density at radius 3 is 2.50 bits per heavy atom. The highest BCUT2D eigenvalue weighted by Gasteiger charge is 2.33. The number of carbonyl (C=O) groups is 1. The Morgan fingerprint density at radius 1 is 1.50 bits per heavy atom. The van der Waals surface area contributed by atoms with Gasteiger partial charge < -0.3 is 5.11 Å². The molecule has 0 spiro atoms. The van der Waals surface area contributed by atoms with E-state index in [0.717, 1.165) is 6.07 Å². The smallest absolute Gasteiger partial charge is 0.446 e. The van der Waals surface area contributed by atoms with E-state index in [-0.39, 0.29) is 11.4 Å². The summed E-state index contributed by atoms with van der Waals surface area (Å²) in [4.78, 5) is 10.4. The molecule has 1 rings (SSSR count). The fourth-order valence-corrected chi connectivity index (χ4v) is 2.31. The monoisotopic (exact) mass is 295 g/mol. The second kappa shape index (κ2) is 5.50. The van der Waals surface area contributed by atoms with Crippen LogP contribution in [0.2, 0.25) is 0 Å². The lowest BCUT2D eigenvalue weighted by Gasteiger charge is -2.12.